The minimum Gasteiger partial charge on any atom is -0.336 e. The minimum absolute atomic E-state index is 0.463. The second-order valence-electron chi connectivity index (χ2n) is 4.72. The third-order valence-corrected chi connectivity index (χ3v) is 3.30. The van der Waals surface area contributed by atoms with Gasteiger partial charge in [-0.3, -0.25) is 0 Å². The van der Waals surface area contributed by atoms with Crippen LogP contribution in [0.3, 0.4) is 0 Å². The molecule has 2 N–H and O–H groups in total. The normalized spacial score (nSPS) is 13.2. The number of quaternary nitrogens is 1. The number of aryl methyl sites for hydroxylation is 1. The van der Waals surface area contributed by atoms with Crippen molar-refractivity contribution in [3.63, 3.8) is 0 Å². The minimum atomic E-state index is 0.463. The Bertz CT molecular complexity index is 410. The highest BCUT2D eigenvalue weighted by molar-refractivity contribution is 5.70. The second-order valence-corrected chi connectivity index (χ2v) is 4.72. The zero-order chi connectivity index (χ0) is 13.1. The van der Waals surface area contributed by atoms with E-state index in [-0.39, 0.29) is 0 Å². The van der Waals surface area contributed by atoms with Gasteiger partial charge < -0.3 is 5.73 Å². The van der Waals surface area contributed by atoms with Gasteiger partial charge in [-0.25, -0.2) is 4.99 Å². The lowest BCUT2D eigenvalue weighted by atomic mass is 10.1. The molecule has 0 heterocycles. The first kappa shape index (κ1) is 13.7. The summed E-state index contributed by atoms with van der Waals surface area (Å²) < 4.78 is 0.463. The molecule has 0 radical (unpaired) electrons. The summed E-state index contributed by atoms with van der Waals surface area (Å²) >= 11 is 0. The smallest absolute Gasteiger partial charge is 0.314 e. The number of nitrogens with zero attached hydrogens (tertiary/aromatic N) is 3. The first-order chi connectivity index (χ1) is 7.89. The maximum atomic E-state index is 5.92. The average molecular weight is 235 g/mol. The van der Waals surface area contributed by atoms with Crippen LogP contribution >= 0.6 is 0 Å². The van der Waals surface area contributed by atoms with E-state index in [0.29, 0.717) is 10.6 Å². The standard InChI is InChI=1S/C13H23N4/c1-11-8-6-7-9-12(11)10-16(3)17(4,5)13(14)15-2/h6-9H,10H2,1-5H3,(H2,14,15)/q+1. The molecular weight excluding hydrogens is 212 g/mol. The van der Waals surface area contributed by atoms with Crippen molar-refractivity contribution in [3.05, 3.63) is 35.4 Å². The first-order valence-corrected chi connectivity index (χ1v) is 5.72. The molecule has 0 atom stereocenters. The van der Waals surface area contributed by atoms with Crippen molar-refractivity contribution < 1.29 is 4.59 Å². The molecule has 0 fully saturated rings. The summed E-state index contributed by atoms with van der Waals surface area (Å²) in [6, 6.07) is 8.39. The summed E-state index contributed by atoms with van der Waals surface area (Å²) in [5.41, 5.74) is 8.53. The third kappa shape index (κ3) is 3.05. The number of guanidine groups is 1. The molecule has 0 aliphatic rings. The SMILES string of the molecule is CN=C(N)[N+](C)(C)N(C)Cc1ccccc1C. The Balaban J connectivity index is 2.86. The van der Waals surface area contributed by atoms with E-state index in [2.05, 4.69) is 41.2 Å². The van der Waals surface area contributed by atoms with Gasteiger partial charge in [0.05, 0.1) is 20.6 Å². The van der Waals surface area contributed by atoms with Crippen LogP contribution in [-0.2, 0) is 6.54 Å². The second kappa shape index (κ2) is 5.29. The molecule has 1 rings (SSSR count). The molecule has 0 aliphatic carbocycles. The molecule has 94 valence electrons. The Kier molecular flexibility index (Phi) is 4.26. The molecule has 0 saturated carbocycles. The Labute approximate surface area is 104 Å². The van der Waals surface area contributed by atoms with Crippen molar-refractivity contribution in [1.82, 2.24) is 5.01 Å². The van der Waals surface area contributed by atoms with Crippen LogP contribution in [-0.4, -0.2) is 43.8 Å². The maximum Gasteiger partial charge on any atom is 0.314 e. The molecular formula is C13H23N4+. The summed E-state index contributed by atoms with van der Waals surface area (Å²) in [5.74, 6) is 0.598. The summed E-state index contributed by atoms with van der Waals surface area (Å²) in [4.78, 5) is 4.07. The van der Waals surface area contributed by atoms with Gasteiger partial charge in [-0.15, -0.1) is 5.01 Å². The van der Waals surface area contributed by atoms with E-state index in [4.69, 9.17) is 5.73 Å². The van der Waals surface area contributed by atoms with Crippen molar-refractivity contribution >= 4 is 5.96 Å². The quantitative estimate of drug-likeness (QED) is 0.372. The van der Waals surface area contributed by atoms with Crippen molar-refractivity contribution in [2.75, 3.05) is 28.2 Å². The van der Waals surface area contributed by atoms with Crippen molar-refractivity contribution in [1.29, 1.82) is 0 Å². The Morgan fingerprint density at radius 1 is 1.35 bits per heavy atom. The van der Waals surface area contributed by atoms with Crippen LogP contribution < -0.4 is 5.73 Å². The lowest BCUT2D eigenvalue weighted by Gasteiger charge is -2.35. The fraction of sp³-hybridized carbons (Fsp3) is 0.462. The molecule has 4 nitrogen and oxygen atoms in total. The maximum absolute atomic E-state index is 5.92. The van der Waals surface area contributed by atoms with Crippen molar-refractivity contribution in [2.45, 2.75) is 13.5 Å². The summed E-state index contributed by atoms with van der Waals surface area (Å²) in [7, 11) is 7.82. The molecule has 1 aromatic rings. The van der Waals surface area contributed by atoms with E-state index >= 15 is 0 Å². The number of benzene rings is 1. The summed E-state index contributed by atoms with van der Waals surface area (Å²) in [5, 5.41) is 2.16. The number of rotatable bonds is 3. The molecule has 0 aromatic heterocycles. The van der Waals surface area contributed by atoms with Gasteiger partial charge in [0.15, 0.2) is 0 Å². The molecule has 0 spiro atoms. The van der Waals surface area contributed by atoms with Crippen LogP contribution in [0.25, 0.3) is 0 Å². The number of aliphatic imine (C=N–C) groups is 1. The molecule has 0 bridgehead atoms. The molecule has 0 unspecified atom stereocenters. The summed E-state index contributed by atoms with van der Waals surface area (Å²) in [6.07, 6.45) is 0. The van der Waals surface area contributed by atoms with E-state index in [1.54, 1.807) is 7.05 Å². The molecule has 0 saturated heterocycles. The fourth-order valence-corrected chi connectivity index (χ4v) is 1.63. The number of nitrogens with two attached hydrogens (primary N) is 1. The van der Waals surface area contributed by atoms with Crippen LogP contribution in [0.5, 0.6) is 0 Å². The van der Waals surface area contributed by atoms with Gasteiger partial charge in [0.25, 0.3) is 0 Å². The highest BCUT2D eigenvalue weighted by atomic mass is 15.7. The van der Waals surface area contributed by atoms with Gasteiger partial charge in [0.1, 0.15) is 0 Å². The van der Waals surface area contributed by atoms with Gasteiger partial charge in [-0.2, -0.15) is 4.59 Å². The van der Waals surface area contributed by atoms with Crippen LogP contribution in [0.1, 0.15) is 11.1 Å². The first-order valence-electron chi connectivity index (χ1n) is 5.72. The highest BCUT2D eigenvalue weighted by Gasteiger charge is 2.27. The predicted molar refractivity (Wildman–Crippen MR) is 72.3 cm³/mol. The van der Waals surface area contributed by atoms with Crippen LogP contribution in [0, 0.1) is 6.92 Å². The third-order valence-electron chi connectivity index (χ3n) is 3.30. The largest absolute Gasteiger partial charge is 0.336 e. The zero-order valence-electron chi connectivity index (χ0n) is 11.4. The predicted octanol–water partition coefficient (Wildman–Crippen LogP) is 1.36. The van der Waals surface area contributed by atoms with Crippen LogP contribution in [0.2, 0.25) is 0 Å². The van der Waals surface area contributed by atoms with Crippen molar-refractivity contribution in [2.24, 2.45) is 10.7 Å². The Morgan fingerprint density at radius 2 is 1.94 bits per heavy atom. The lowest BCUT2D eigenvalue weighted by molar-refractivity contribution is -0.925. The summed E-state index contributed by atoms with van der Waals surface area (Å²) in [6.45, 7) is 2.97. The van der Waals surface area contributed by atoms with Gasteiger partial charge >= 0.3 is 5.96 Å². The van der Waals surface area contributed by atoms with E-state index in [9.17, 15) is 0 Å². The van der Waals surface area contributed by atoms with E-state index in [1.165, 1.54) is 11.1 Å². The van der Waals surface area contributed by atoms with Gasteiger partial charge in [0, 0.05) is 14.1 Å². The van der Waals surface area contributed by atoms with E-state index < -0.39 is 0 Å². The van der Waals surface area contributed by atoms with Gasteiger partial charge in [0.2, 0.25) is 0 Å². The molecule has 0 amide bonds. The van der Waals surface area contributed by atoms with Crippen molar-refractivity contribution in [3.8, 4) is 0 Å². The zero-order valence-corrected chi connectivity index (χ0v) is 11.4. The van der Waals surface area contributed by atoms with Gasteiger partial charge in [-0.05, 0) is 18.1 Å². The van der Waals surface area contributed by atoms with Crippen LogP contribution in [0.15, 0.2) is 29.3 Å². The van der Waals surface area contributed by atoms with E-state index in [0.717, 1.165) is 6.54 Å². The fourth-order valence-electron chi connectivity index (χ4n) is 1.63. The van der Waals surface area contributed by atoms with Gasteiger partial charge in [-0.1, -0.05) is 24.3 Å². The molecule has 4 heteroatoms. The topological polar surface area (TPSA) is 41.6 Å². The Hall–Kier alpha value is -1.39. The lowest BCUT2D eigenvalue weighted by Crippen LogP contribution is -2.59. The van der Waals surface area contributed by atoms with Crippen LogP contribution in [0.4, 0.5) is 0 Å². The number of hydrogen-bond donors (Lipinski definition) is 1. The van der Waals surface area contributed by atoms with E-state index in [1.807, 2.05) is 21.1 Å². The Morgan fingerprint density at radius 3 is 2.47 bits per heavy atom. The molecule has 0 aliphatic heterocycles. The monoisotopic (exact) mass is 235 g/mol. The molecule has 1 aromatic carbocycles. The molecule has 17 heavy (non-hydrogen) atoms. The highest BCUT2D eigenvalue weighted by Crippen LogP contribution is 2.13. The average Bonchev–Trinajstić information content (AvgIpc) is 2.30. The number of hydrogen-bond acceptors (Lipinski definition) is 2.